The van der Waals surface area contributed by atoms with Gasteiger partial charge in [0, 0.05) is 61.8 Å². The van der Waals surface area contributed by atoms with E-state index in [1.165, 1.54) is 7.11 Å². The molecule has 0 spiro atoms. The lowest BCUT2D eigenvalue weighted by Crippen LogP contribution is -2.49. The summed E-state index contributed by atoms with van der Waals surface area (Å²) in [4.78, 5) is 27.5. The van der Waals surface area contributed by atoms with Crippen LogP contribution in [0.2, 0.25) is 0 Å². The number of nitrogens with zero attached hydrogens (tertiary/aromatic N) is 4. The lowest BCUT2D eigenvalue weighted by atomic mass is 10.0. The molecule has 154 valence electrons. The number of piperazine rings is 1. The van der Waals surface area contributed by atoms with E-state index in [1.807, 2.05) is 4.90 Å². The van der Waals surface area contributed by atoms with Crippen molar-refractivity contribution in [3.63, 3.8) is 0 Å². The summed E-state index contributed by atoms with van der Waals surface area (Å²) in [5.41, 5.74) is 1.21. The van der Waals surface area contributed by atoms with Crippen LogP contribution in [0.4, 0.5) is 0 Å². The summed E-state index contributed by atoms with van der Waals surface area (Å²) >= 11 is 0. The number of fused-ring (bicyclic) bond motifs is 1. The molecule has 3 rings (SSSR count). The van der Waals surface area contributed by atoms with Crippen LogP contribution in [0.3, 0.4) is 0 Å². The lowest BCUT2D eigenvalue weighted by molar-refractivity contribution is -0.144. The predicted molar refractivity (Wildman–Crippen MR) is 105 cm³/mol. The van der Waals surface area contributed by atoms with Gasteiger partial charge in [-0.1, -0.05) is 0 Å². The Bertz CT molecular complexity index is 940. The van der Waals surface area contributed by atoms with Crippen LogP contribution in [0, 0.1) is 11.3 Å². The second-order valence-corrected chi connectivity index (χ2v) is 7.02. The van der Waals surface area contributed by atoms with Crippen LogP contribution in [0.5, 0.6) is 5.75 Å². The van der Waals surface area contributed by atoms with E-state index in [4.69, 9.17) is 10.00 Å². The summed E-state index contributed by atoms with van der Waals surface area (Å²) < 4.78 is 6.85. The third-order valence-electron chi connectivity index (χ3n) is 5.27. The molecule has 29 heavy (non-hydrogen) atoms. The molecule has 1 atom stereocenters. The Morgan fingerprint density at radius 1 is 1.24 bits per heavy atom. The number of benzene rings is 1. The first-order chi connectivity index (χ1) is 13.9. The van der Waals surface area contributed by atoms with Crippen LogP contribution in [0.25, 0.3) is 10.9 Å². The highest BCUT2D eigenvalue weighted by atomic mass is 16.5. The van der Waals surface area contributed by atoms with Crippen LogP contribution in [0.1, 0.15) is 18.0 Å². The van der Waals surface area contributed by atoms with Crippen LogP contribution < -0.4 is 4.74 Å². The van der Waals surface area contributed by atoms with E-state index in [1.54, 1.807) is 29.0 Å². The molecule has 1 aliphatic heterocycles. The van der Waals surface area contributed by atoms with E-state index < -0.39 is 18.0 Å². The molecule has 2 heterocycles. The van der Waals surface area contributed by atoms with Crippen molar-refractivity contribution >= 4 is 22.8 Å². The van der Waals surface area contributed by atoms with Gasteiger partial charge in [-0.15, -0.1) is 0 Å². The van der Waals surface area contributed by atoms with Crippen molar-refractivity contribution in [2.75, 3.05) is 39.8 Å². The predicted octanol–water partition coefficient (Wildman–Crippen LogP) is 1.39. The minimum absolute atomic E-state index is 0.253. The van der Waals surface area contributed by atoms with Crippen LogP contribution in [0.15, 0.2) is 24.4 Å². The molecule has 0 bridgehead atoms. The summed E-state index contributed by atoms with van der Waals surface area (Å²) in [5, 5.41) is 28.7. The molecule has 2 aromatic rings. The smallest absolute Gasteiger partial charge is 0.325 e. The monoisotopic (exact) mass is 400 g/mol. The van der Waals surface area contributed by atoms with Gasteiger partial charge >= 0.3 is 11.9 Å². The third kappa shape index (κ3) is 4.50. The number of aliphatic carboxylic acids is 2. The molecule has 1 aromatic heterocycles. The molecule has 0 unspecified atom stereocenters. The lowest BCUT2D eigenvalue weighted by Gasteiger charge is -2.37. The molecule has 1 aromatic carbocycles. The number of carbonyl (C=O) groups is 2. The minimum Gasteiger partial charge on any atom is -0.497 e. The third-order valence-corrected chi connectivity index (χ3v) is 5.27. The van der Waals surface area contributed by atoms with E-state index in [2.05, 4.69) is 11.0 Å². The first-order valence-electron chi connectivity index (χ1n) is 9.39. The Hall–Kier alpha value is -3.09. The van der Waals surface area contributed by atoms with Gasteiger partial charge < -0.3 is 19.5 Å². The summed E-state index contributed by atoms with van der Waals surface area (Å²) in [6.07, 6.45) is 2.07. The maximum atomic E-state index is 12.2. The summed E-state index contributed by atoms with van der Waals surface area (Å²) in [6, 6.07) is 6.47. The van der Waals surface area contributed by atoms with Gasteiger partial charge in [-0.3, -0.25) is 19.4 Å². The fourth-order valence-electron chi connectivity index (χ4n) is 3.86. The van der Waals surface area contributed by atoms with Gasteiger partial charge in [0.15, 0.2) is 0 Å². The molecule has 2 N–H and O–H groups in total. The Kier molecular flexibility index (Phi) is 6.36. The van der Waals surface area contributed by atoms with Crippen molar-refractivity contribution in [2.24, 2.45) is 0 Å². The average Bonchev–Trinajstić information content (AvgIpc) is 3.03. The Morgan fingerprint density at radius 3 is 2.55 bits per heavy atom. The van der Waals surface area contributed by atoms with Crippen molar-refractivity contribution in [3.8, 4) is 11.8 Å². The Labute approximate surface area is 168 Å². The van der Waals surface area contributed by atoms with Crippen LogP contribution >= 0.6 is 0 Å². The van der Waals surface area contributed by atoms with E-state index >= 15 is 0 Å². The maximum Gasteiger partial charge on any atom is 0.325 e. The fourth-order valence-corrected chi connectivity index (χ4v) is 3.86. The van der Waals surface area contributed by atoms with Gasteiger partial charge in [0.2, 0.25) is 0 Å². The molecular formula is C20H24N4O5. The maximum absolute atomic E-state index is 12.2. The van der Waals surface area contributed by atoms with E-state index in [0.29, 0.717) is 61.4 Å². The Balaban J connectivity index is 1.96. The van der Waals surface area contributed by atoms with Gasteiger partial charge in [0.25, 0.3) is 0 Å². The van der Waals surface area contributed by atoms with Gasteiger partial charge in [-0.25, -0.2) is 0 Å². The highest BCUT2D eigenvalue weighted by Crippen LogP contribution is 2.33. The number of methoxy groups -OCH3 is 1. The number of carboxylic acid groups (broad SMARTS) is 2. The molecule has 1 aliphatic rings. The second kappa shape index (κ2) is 8.94. The Morgan fingerprint density at radius 2 is 1.97 bits per heavy atom. The number of aromatic nitrogens is 1. The van der Waals surface area contributed by atoms with Crippen molar-refractivity contribution in [1.82, 2.24) is 14.4 Å². The van der Waals surface area contributed by atoms with Crippen molar-refractivity contribution in [2.45, 2.75) is 19.0 Å². The quantitative estimate of drug-likeness (QED) is 0.682. The number of hydrogen-bond donors (Lipinski definition) is 2. The van der Waals surface area contributed by atoms with Crippen molar-refractivity contribution in [1.29, 1.82) is 5.26 Å². The number of nitriles is 1. The zero-order valence-electron chi connectivity index (χ0n) is 16.2. The molecule has 1 saturated heterocycles. The van der Waals surface area contributed by atoms with Gasteiger partial charge in [0.1, 0.15) is 18.3 Å². The van der Waals surface area contributed by atoms with Gasteiger partial charge in [-0.05, 0) is 18.2 Å². The van der Waals surface area contributed by atoms with Crippen LogP contribution in [-0.2, 0) is 16.1 Å². The van der Waals surface area contributed by atoms with Crippen molar-refractivity contribution in [3.05, 3.63) is 30.0 Å². The van der Waals surface area contributed by atoms with Crippen LogP contribution in [-0.4, -0.2) is 76.4 Å². The molecule has 0 radical (unpaired) electrons. The summed E-state index contributed by atoms with van der Waals surface area (Å²) in [5.74, 6) is -1.40. The molecule has 9 nitrogen and oxygen atoms in total. The summed E-state index contributed by atoms with van der Waals surface area (Å²) in [6.45, 7) is 2.90. The number of ether oxygens (including phenoxy) is 1. The fraction of sp³-hybridized carbons (Fsp3) is 0.450. The zero-order valence-corrected chi connectivity index (χ0v) is 16.2. The normalized spacial score (nSPS) is 16.4. The molecule has 1 fully saturated rings. The largest absolute Gasteiger partial charge is 0.497 e. The van der Waals surface area contributed by atoms with E-state index in [0.717, 1.165) is 0 Å². The second-order valence-electron chi connectivity index (χ2n) is 7.02. The summed E-state index contributed by atoms with van der Waals surface area (Å²) in [7, 11) is 1.53. The first-order valence-corrected chi connectivity index (χ1v) is 9.39. The first kappa shape index (κ1) is 20.6. The highest BCUT2D eigenvalue weighted by molar-refractivity contribution is 5.91. The number of hydrogen-bond acceptors (Lipinski definition) is 6. The van der Waals surface area contributed by atoms with E-state index in [-0.39, 0.29) is 6.54 Å². The average molecular weight is 400 g/mol. The molecular weight excluding hydrogens is 376 g/mol. The minimum atomic E-state index is -0.998. The van der Waals surface area contributed by atoms with E-state index in [9.17, 15) is 19.8 Å². The van der Waals surface area contributed by atoms with Gasteiger partial charge in [0.05, 0.1) is 13.2 Å². The SMILES string of the molecule is COc1ccc2c(c1)c([C@@H](C(=O)O)N1CCN(CCC#N)CC1)cn2CC(=O)O. The molecule has 9 heteroatoms. The molecule has 0 aliphatic carbocycles. The zero-order chi connectivity index (χ0) is 21.0. The topological polar surface area (TPSA) is 119 Å². The number of carboxylic acids is 2. The highest BCUT2D eigenvalue weighted by Gasteiger charge is 2.33. The van der Waals surface area contributed by atoms with Crippen molar-refractivity contribution < 1.29 is 24.5 Å². The number of rotatable bonds is 8. The molecule has 0 saturated carbocycles. The van der Waals surface area contributed by atoms with Gasteiger partial charge in [-0.2, -0.15) is 5.26 Å². The standard InChI is InChI=1S/C20H24N4O5/c1-29-14-3-4-17-15(11-14)16(12-24(17)13-18(25)26)19(20(27)28)23-9-7-22(8-10-23)6-2-5-21/h3-4,11-12,19H,2,6-10,13H2,1H3,(H,25,26)(H,27,28)/t19-/m0/s1. The molecule has 0 amide bonds.